The van der Waals surface area contributed by atoms with Crippen molar-refractivity contribution in [3.8, 4) is 17.2 Å². The number of ether oxygens (including phenoxy) is 5. The Morgan fingerprint density at radius 3 is 2.36 bits per heavy atom. The van der Waals surface area contributed by atoms with Gasteiger partial charge in [-0.05, 0) is 97.7 Å². The molecule has 0 spiro atoms. The molecule has 0 saturated carbocycles. The zero-order chi connectivity index (χ0) is 37.3. The van der Waals surface area contributed by atoms with Gasteiger partial charge in [-0.2, -0.15) is 0 Å². The number of allylic oxidation sites excluding steroid dienone is 2. The summed E-state index contributed by atoms with van der Waals surface area (Å²) >= 11 is 0. The van der Waals surface area contributed by atoms with Crippen LogP contribution < -0.4 is 26.1 Å². The summed E-state index contributed by atoms with van der Waals surface area (Å²) in [7, 11) is 1.37. The summed E-state index contributed by atoms with van der Waals surface area (Å²) in [6, 6.07) is 7.34. The number of hydrogen-bond acceptors (Lipinski definition) is 12. The van der Waals surface area contributed by atoms with Crippen LogP contribution >= 0.6 is 0 Å². The Labute approximate surface area is 289 Å². The molecular formula is C36H44N2O12. The van der Waals surface area contributed by atoms with Crippen molar-refractivity contribution in [3.63, 3.8) is 0 Å². The third-order valence-electron chi connectivity index (χ3n) is 8.12. The molecule has 2 aromatic carbocycles. The molecule has 1 aromatic heterocycles. The highest BCUT2D eigenvalue weighted by Crippen LogP contribution is 2.38. The van der Waals surface area contributed by atoms with E-state index in [0.717, 1.165) is 5.57 Å². The van der Waals surface area contributed by atoms with Crippen LogP contribution in [0.4, 0.5) is 10.5 Å². The number of esters is 1. The number of amides is 2. The quantitative estimate of drug-likeness (QED) is 0.102. The second kappa shape index (κ2) is 14.5. The summed E-state index contributed by atoms with van der Waals surface area (Å²) in [4.78, 5) is 50.7. The molecule has 270 valence electrons. The fraction of sp³-hybridized carbons (Fsp3) is 0.444. The Balaban J connectivity index is 1.63. The summed E-state index contributed by atoms with van der Waals surface area (Å²) in [5, 5.41) is 24.7. The third-order valence-corrected chi connectivity index (χ3v) is 8.12. The van der Waals surface area contributed by atoms with Crippen molar-refractivity contribution < 1.29 is 52.7 Å². The number of aliphatic hydroxyl groups is 1. The summed E-state index contributed by atoms with van der Waals surface area (Å²) in [6.07, 6.45) is -3.87. The highest BCUT2D eigenvalue weighted by molar-refractivity contribution is 6.06. The Morgan fingerprint density at radius 1 is 1.10 bits per heavy atom. The van der Waals surface area contributed by atoms with Gasteiger partial charge in [0.05, 0.1) is 16.4 Å². The number of benzene rings is 2. The van der Waals surface area contributed by atoms with Crippen molar-refractivity contribution >= 4 is 34.6 Å². The summed E-state index contributed by atoms with van der Waals surface area (Å²) in [6.45, 7) is 13.9. The Hall–Kier alpha value is -4.92. The van der Waals surface area contributed by atoms with Gasteiger partial charge >= 0.3 is 17.7 Å². The van der Waals surface area contributed by atoms with Gasteiger partial charge in [0.1, 0.15) is 23.2 Å². The number of aliphatic hydroxyl groups excluding tert-OH is 1. The number of nitrogens with one attached hydrogen (secondary N) is 1. The summed E-state index contributed by atoms with van der Waals surface area (Å²) in [5.74, 6) is -1.30. The van der Waals surface area contributed by atoms with E-state index >= 15 is 0 Å². The summed E-state index contributed by atoms with van der Waals surface area (Å²) < 4.78 is 33.7. The number of nitrogens with two attached hydrogens (primary N) is 1. The van der Waals surface area contributed by atoms with E-state index in [1.807, 2.05) is 19.9 Å². The maximum Gasteiger partial charge on any atom is 0.404 e. The molecule has 1 aliphatic heterocycles. The number of carbonyl (C=O) groups is 3. The fourth-order valence-corrected chi connectivity index (χ4v) is 5.41. The largest absolute Gasteiger partial charge is 0.505 e. The van der Waals surface area contributed by atoms with Crippen molar-refractivity contribution in [1.29, 1.82) is 0 Å². The molecule has 2 amide bonds. The predicted octanol–water partition coefficient (Wildman–Crippen LogP) is 4.87. The Kier molecular flexibility index (Phi) is 11.0. The van der Waals surface area contributed by atoms with Gasteiger partial charge in [-0.3, -0.25) is 9.59 Å². The zero-order valence-corrected chi connectivity index (χ0v) is 29.5. The molecule has 0 aliphatic carbocycles. The maximum absolute atomic E-state index is 13.4. The van der Waals surface area contributed by atoms with Crippen molar-refractivity contribution in [1.82, 2.24) is 0 Å². The second-order valence-electron chi connectivity index (χ2n) is 13.8. The molecule has 0 unspecified atom stereocenters. The monoisotopic (exact) mass is 696 g/mol. The first kappa shape index (κ1) is 37.9. The molecule has 50 heavy (non-hydrogen) atoms. The Bertz CT molecular complexity index is 1880. The third kappa shape index (κ3) is 8.09. The molecule has 0 radical (unpaired) electrons. The Morgan fingerprint density at radius 2 is 1.76 bits per heavy atom. The molecule has 4 atom stereocenters. The first-order chi connectivity index (χ1) is 23.2. The van der Waals surface area contributed by atoms with Crippen LogP contribution in [-0.4, -0.2) is 65.5 Å². The highest BCUT2D eigenvalue weighted by Gasteiger charge is 2.53. The van der Waals surface area contributed by atoms with Gasteiger partial charge in [-0.1, -0.05) is 11.6 Å². The van der Waals surface area contributed by atoms with Crippen LogP contribution in [0.3, 0.4) is 0 Å². The summed E-state index contributed by atoms with van der Waals surface area (Å²) in [5.41, 5.74) is 3.75. The van der Waals surface area contributed by atoms with Gasteiger partial charge in [-0.15, -0.1) is 0 Å². The van der Waals surface area contributed by atoms with Crippen LogP contribution in [0, 0.1) is 12.3 Å². The van der Waals surface area contributed by atoms with Crippen molar-refractivity contribution in [2.24, 2.45) is 11.1 Å². The number of aryl methyl sites for hydroxylation is 1. The standard InChI is InChI=1S/C36H44N2O12/c1-17(2)10-11-19-16-20(12-14-23(19)47-33(43)35(4,5)6)30(41)38-24-25(39)21-13-15-22(18(3)27(21)48-31(24)42)46-32-26(40)28(49-34(37)44)29(45-9)36(7,8)50-32/h10,12-16,26,28-29,32,39-40H,11H2,1-9H3,(H2,37,44)(H,38,41)/t26-,28+,29+,32-/m1/s1. The molecule has 5 N–H and O–H groups in total. The van der Waals surface area contributed by atoms with Crippen LogP contribution in [0.25, 0.3) is 11.0 Å². The number of aromatic hydroxyl groups is 1. The number of fused-ring (bicyclic) bond motifs is 1. The van der Waals surface area contributed by atoms with Gasteiger partial charge in [0, 0.05) is 18.2 Å². The molecule has 1 aliphatic rings. The second-order valence-corrected chi connectivity index (χ2v) is 13.8. The molecule has 4 rings (SSSR count). The molecule has 0 bridgehead atoms. The molecule has 2 heterocycles. The first-order valence-electron chi connectivity index (χ1n) is 15.9. The van der Waals surface area contributed by atoms with Crippen LogP contribution in [0.5, 0.6) is 17.2 Å². The van der Waals surface area contributed by atoms with E-state index < -0.39 is 70.7 Å². The van der Waals surface area contributed by atoms with Gasteiger partial charge in [0.25, 0.3) is 5.91 Å². The van der Waals surface area contributed by atoms with Crippen molar-refractivity contribution in [3.05, 3.63) is 69.1 Å². The normalized spacial score (nSPS) is 20.1. The van der Waals surface area contributed by atoms with Crippen LogP contribution in [0.15, 0.2) is 51.2 Å². The average Bonchev–Trinajstić information content (AvgIpc) is 3.01. The van der Waals surface area contributed by atoms with E-state index in [-0.39, 0.29) is 27.8 Å². The smallest absolute Gasteiger partial charge is 0.404 e. The van der Waals surface area contributed by atoms with Gasteiger partial charge in [0.2, 0.25) is 6.29 Å². The van der Waals surface area contributed by atoms with Crippen molar-refractivity contribution in [2.45, 2.75) is 92.0 Å². The molecule has 14 heteroatoms. The van der Waals surface area contributed by atoms with E-state index in [9.17, 15) is 29.4 Å². The molecule has 14 nitrogen and oxygen atoms in total. The molecule has 1 saturated heterocycles. The highest BCUT2D eigenvalue weighted by atomic mass is 16.7. The van der Waals surface area contributed by atoms with Crippen LogP contribution in [0.2, 0.25) is 0 Å². The lowest BCUT2D eigenvalue weighted by atomic mass is 9.89. The van der Waals surface area contributed by atoms with Gasteiger partial charge in [0.15, 0.2) is 23.6 Å². The molecule has 1 fully saturated rings. The number of primary amides is 1. The van der Waals surface area contributed by atoms with E-state index in [4.69, 9.17) is 33.8 Å². The maximum atomic E-state index is 13.4. The van der Waals surface area contributed by atoms with E-state index in [2.05, 4.69) is 5.32 Å². The average molecular weight is 697 g/mol. The minimum atomic E-state index is -1.53. The van der Waals surface area contributed by atoms with E-state index in [1.165, 1.54) is 31.4 Å². The molecule has 3 aromatic rings. The van der Waals surface area contributed by atoms with Gasteiger partial charge in [-0.25, -0.2) is 9.59 Å². The number of carbonyl (C=O) groups excluding carboxylic acids is 3. The van der Waals surface area contributed by atoms with Crippen molar-refractivity contribution in [2.75, 3.05) is 12.4 Å². The lowest BCUT2D eigenvalue weighted by Crippen LogP contribution is -2.65. The minimum absolute atomic E-state index is 0.0544. The van der Waals surface area contributed by atoms with Crippen LogP contribution in [-0.2, 0) is 25.4 Å². The fourth-order valence-electron chi connectivity index (χ4n) is 5.41. The van der Waals surface area contributed by atoms with Crippen LogP contribution in [0.1, 0.15) is 70.0 Å². The molecular weight excluding hydrogens is 652 g/mol. The van der Waals surface area contributed by atoms with Gasteiger partial charge < -0.3 is 49.4 Å². The van der Waals surface area contributed by atoms with E-state index in [0.29, 0.717) is 17.7 Å². The zero-order valence-electron chi connectivity index (χ0n) is 29.5. The number of hydrogen-bond donors (Lipinski definition) is 4. The topological polar surface area (TPSA) is 206 Å². The lowest BCUT2D eigenvalue weighted by molar-refractivity contribution is -0.304. The number of rotatable bonds is 9. The predicted molar refractivity (Wildman–Crippen MR) is 182 cm³/mol. The SMILES string of the molecule is CO[C@H]1[C@@H](OC(N)=O)[C@@H](O)[C@H](Oc2ccc3c(O)c(NC(=O)c4ccc(OC(=O)C(C)(C)C)c(CC=C(C)C)c4)c(=O)oc3c2C)OC1(C)C. The minimum Gasteiger partial charge on any atom is -0.505 e. The lowest BCUT2D eigenvalue weighted by Gasteiger charge is -2.47. The number of methoxy groups -OCH3 is 1. The number of anilines is 1. The van der Waals surface area contributed by atoms with E-state index in [1.54, 1.807) is 47.6 Å². The first-order valence-corrected chi connectivity index (χ1v) is 15.9.